The van der Waals surface area contributed by atoms with Crippen LogP contribution in [0.5, 0.6) is 5.88 Å². The average molecular weight is 452 g/mol. The van der Waals surface area contributed by atoms with Gasteiger partial charge in [0.05, 0.1) is 12.3 Å². The summed E-state index contributed by atoms with van der Waals surface area (Å²) in [4.78, 5) is 35.2. The van der Waals surface area contributed by atoms with Crippen LogP contribution < -0.4 is 20.7 Å². The van der Waals surface area contributed by atoms with Crippen molar-refractivity contribution in [1.29, 1.82) is 0 Å². The van der Waals surface area contributed by atoms with E-state index in [1.807, 2.05) is 30.3 Å². The fraction of sp³-hybridized carbons (Fsp3) is 0.458. The lowest BCUT2D eigenvalue weighted by atomic mass is 10.1. The maximum Gasteiger partial charge on any atom is 0.417 e. The number of H-pyrrole nitrogens is 1. The largest absolute Gasteiger partial charge is 0.478 e. The molecule has 0 bridgehead atoms. The molecule has 2 aromatic heterocycles. The minimum absolute atomic E-state index is 0.0119. The molecule has 1 fully saturated rings. The molecule has 1 aromatic carbocycles. The van der Waals surface area contributed by atoms with Crippen molar-refractivity contribution in [2.75, 3.05) is 49.5 Å². The number of oxazole rings is 1. The molecular weight excluding hydrogens is 422 g/mol. The number of unbranched alkanes of at least 4 members (excludes halogenated alkanes) is 1. The van der Waals surface area contributed by atoms with Crippen molar-refractivity contribution in [3.8, 4) is 5.88 Å². The minimum atomic E-state index is -0.411. The average Bonchev–Trinajstić information content (AvgIpc) is 3.04. The molecule has 1 amide bonds. The van der Waals surface area contributed by atoms with Crippen LogP contribution in [0.1, 0.15) is 31.2 Å². The number of aromatic amines is 1. The van der Waals surface area contributed by atoms with E-state index < -0.39 is 5.76 Å². The summed E-state index contributed by atoms with van der Waals surface area (Å²) in [7, 11) is 0. The Hall–Kier alpha value is -3.33. The number of nitrogens with zero attached hydrogens (tertiary/aromatic N) is 3. The third-order valence-corrected chi connectivity index (χ3v) is 6.31. The zero-order chi connectivity index (χ0) is 22.6. The predicted molar refractivity (Wildman–Crippen MR) is 126 cm³/mol. The molecular formula is C24H29N5O4. The summed E-state index contributed by atoms with van der Waals surface area (Å²) in [6.45, 7) is 5.53. The van der Waals surface area contributed by atoms with Crippen molar-refractivity contribution >= 4 is 28.5 Å². The molecule has 1 saturated heterocycles. The van der Waals surface area contributed by atoms with E-state index in [-0.39, 0.29) is 5.91 Å². The van der Waals surface area contributed by atoms with E-state index in [0.717, 1.165) is 75.2 Å². The van der Waals surface area contributed by atoms with Crippen LogP contribution in [-0.2, 0) is 11.2 Å². The number of aromatic nitrogens is 2. The first-order chi connectivity index (χ1) is 16.2. The van der Waals surface area contributed by atoms with Crippen LogP contribution in [0.3, 0.4) is 0 Å². The van der Waals surface area contributed by atoms with E-state index in [2.05, 4.69) is 25.1 Å². The summed E-state index contributed by atoms with van der Waals surface area (Å²) in [5.74, 6) is 0.797. The van der Waals surface area contributed by atoms with Crippen molar-refractivity contribution < 1.29 is 13.9 Å². The van der Waals surface area contributed by atoms with Gasteiger partial charge in [0.2, 0.25) is 11.8 Å². The number of anilines is 2. The number of benzene rings is 1. The molecule has 2 aliphatic rings. The summed E-state index contributed by atoms with van der Waals surface area (Å²) in [6.07, 6.45) is 4.31. The number of rotatable bonds is 7. The van der Waals surface area contributed by atoms with Crippen molar-refractivity contribution in [3.63, 3.8) is 0 Å². The summed E-state index contributed by atoms with van der Waals surface area (Å²) in [6, 6.07) is 9.66. The highest BCUT2D eigenvalue weighted by Gasteiger charge is 2.19. The Morgan fingerprint density at radius 3 is 2.91 bits per heavy atom. The summed E-state index contributed by atoms with van der Waals surface area (Å²) in [5, 5.41) is 2.81. The number of amides is 1. The molecule has 2 aliphatic heterocycles. The van der Waals surface area contributed by atoms with E-state index in [1.165, 1.54) is 0 Å². The topological polar surface area (TPSA) is 104 Å². The number of pyridine rings is 1. The first kappa shape index (κ1) is 21.5. The molecule has 2 N–H and O–H groups in total. The number of ether oxygens (including phenoxy) is 1. The molecule has 9 heteroatoms. The third-order valence-electron chi connectivity index (χ3n) is 6.31. The maximum atomic E-state index is 11.6. The zero-order valence-corrected chi connectivity index (χ0v) is 18.6. The minimum Gasteiger partial charge on any atom is -0.478 e. The number of nitrogens with one attached hydrogen (secondary N) is 2. The van der Waals surface area contributed by atoms with Crippen molar-refractivity contribution in [3.05, 3.63) is 46.4 Å². The van der Waals surface area contributed by atoms with Crippen LogP contribution in [-0.4, -0.2) is 60.1 Å². The lowest BCUT2D eigenvalue weighted by Crippen LogP contribution is -2.31. The van der Waals surface area contributed by atoms with Gasteiger partial charge in [0.1, 0.15) is 11.3 Å². The summed E-state index contributed by atoms with van der Waals surface area (Å²) < 4.78 is 11.0. The lowest BCUT2D eigenvalue weighted by Gasteiger charge is -2.24. The molecule has 0 atom stereocenters. The van der Waals surface area contributed by atoms with Crippen LogP contribution in [0.4, 0.5) is 11.5 Å². The van der Waals surface area contributed by atoms with E-state index in [9.17, 15) is 9.59 Å². The second-order valence-electron chi connectivity index (χ2n) is 8.61. The number of fused-ring (bicyclic) bond motifs is 2. The highest BCUT2D eigenvalue weighted by atomic mass is 16.5. The highest BCUT2D eigenvalue weighted by molar-refractivity contribution is 5.92. The van der Waals surface area contributed by atoms with Gasteiger partial charge in [-0.05, 0) is 62.5 Å². The normalized spacial score (nSPS) is 17.0. The van der Waals surface area contributed by atoms with Gasteiger partial charge in [0.15, 0.2) is 5.58 Å². The second kappa shape index (κ2) is 9.66. The molecule has 33 heavy (non-hydrogen) atoms. The van der Waals surface area contributed by atoms with E-state index >= 15 is 0 Å². The lowest BCUT2D eigenvalue weighted by molar-refractivity contribution is -0.116. The van der Waals surface area contributed by atoms with Crippen LogP contribution >= 0.6 is 0 Å². The molecule has 0 aliphatic carbocycles. The van der Waals surface area contributed by atoms with Gasteiger partial charge in [-0.3, -0.25) is 9.78 Å². The van der Waals surface area contributed by atoms with Gasteiger partial charge in [-0.2, -0.15) is 4.98 Å². The van der Waals surface area contributed by atoms with Gasteiger partial charge in [-0.25, -0.2) is 4.79 Å². The first-order valence-corrected chi connectivity index (χ1v) is 11.7. The van der Waals surface area contributed by atoms with Gasteiger partial charge in [-0.15, -0.1) is 0 Å². The highest BCUT2D eigenvalue weighted by Crippen LogP contribution is 2.26. The standard InChI is InChI=1S/C24H29N5O4/c30-20-9-7-17-8-10-21(26-23(17)25-20)32-16-2-1-11-28-12-4-13-29(15-14-28)18-5-3-6-19-22(18)27-24(31)33-19/h3,5-6,8,10H,1-2,4,7,9,11-16H2,(H,27,31)(H,25,26,30). The van der Waals surface area contributed by atoms with Crippen LogP contribution in [0.2, 0.25) is 0 Å². The number of hydrogen-bond donors (Lipinski definition) is 2. The number of carbonyl (C=O) groups excluding carboxylic acids is 1. The van der Waals surface area contributed by atoms with Gasteiger partial charge >= 0.3 is 5.76 Å². The van der Waals surface area contributed by atoms with Crippen LogP contribution in [0, 0.1) is 0 Å². The van der Waals surface area contributed by atoms with Crippen molar-refractivity contribution in [2.45, 2.75) is 32.1 Å². The van der Waals surface area contributed by atoms with E-state index in [1.54, 1.807) is 0 Å². The fourth-order valence-electron chi connectivity index (χ4n) is 4.57. The molecule has 5 rings (SSSR count). The third kappa shape index (κ3) is 5.03. The molecule has 0 saturated carbocycles. The van der Waals surface area contributed by atoms with E-state index in [4.69, 9.17) is 9.15 Å². The van der Waals surface area contributed by atoms with Crippen molar-refractivity contribution in [1.82, 2.24) is 14.9 Å². The van der Waals surface area contributed by atoms with Crippen LogP contribution in [0.15, 0.2) is 39.5 Å². The van der Waals surface area contributed by atoms with Gasteiger partial charge in [0.25, 0.3) is 0 Å². The number of para-hydroxylation sites is 1. The Balaban J connectivity index is 1.07. The Kier molecular flexibility index (Phi) is 6.30. The van der Waals surface area contributed by atoms with Gasteiger partial charge in [0, 0.05) is 32.1 Å². The smallest absolute Gasteiger partial charge is 0.417 e. The molecule has 0 unspecified atom stereocenters. The maximum absolute atomic E-state index is 11.6. The number of aryl methyl sites for hydroxylation is 1. The Bertz CT molecular complexity index is 1190. The molecule has 174 valence electrons. The molecule has 9 nitrogen and oxygen atoms in total. The van der Waals surface area contributed by atoms with Crippen LogP contribution in [0.25, 0.3) is 11.1 Å². The molecule has 0 spiro atoms. The zero-order valence-electron chi connectivity index (χ0n) is 18.6. The SMILES string of the molecule is O=C1CCc2ccc(OCCCCN3CCCN(c4cccc5oc(=O)[nH]c45)CC3)nc2N1. The number of hydrogen-bond acceptors (Lipinski definition) is 7. The Morgan fingerprint density at radius 1 is 1.03 bits per heavy atom. The van der Waals surface area contributed by atoms with E-state index in [0.29, 0.717) is 30.3 Å². The summed E-state index contributed by atoms with van der Waals surface area (Å²) >= 11 is 0. The Morgan fingerprint density at radius 2 is 1.97 bits per heavy atom. The second-order valence-corrected chi connectivity index (χ2v) is 8.61. The summed E-state index contributed by atoms with van der Waals surface area (Å²) in [5.41, 5.74) is 3.48. The van der Waals surface area contributed by atoms with Gasteiger partial charge in [-0.1, -0.05) is 6.07 Å². The quantitative estimate of drug-likeness (QED) is 0.533. The van der Waals surface area contributed by atoms with Gasteiger partial charge < -0.3 is 24.3 Å². The predicted octanol–water partition coefficient (Wildman–Crippen LogP) is 2.77. The molecule has 0 radical (unpaired) electrons. The monoisotopic (exact) mass is 451 g/mol. The molecule has 3 aromatic rings. The fourth-order valence-corrected chi connectivity index (χ4v) is 4.57. The first-order valence-electron chi connectivity index (χ1n) is 11.7. The van der Waals surface area contributed by atoms with Crippen molar-refractivity contribution in [2.24, 2.45) is 0 Å². The number of carbonyl (C=O) groups is 1. The molecule has 4 heterocycles. The Labute approximate surface area is 191 Å².